The van der Waals surface area contributed by atoms with Gasteiger partial charge in [0.05, 0.1) is 18.0 Å². The molecule has 188 valence electrons. The van der Waals surface area contributed by atoms with Gasteiger partial charge in [0.2, 0.25) is 5.91 Å². The Kier molecular flexibility index (Phi) is 7.20. The van der Waals surface area contributed by atoms with Gasteiger partial charge in [-0.3, -0.25) is 19.0 Å². The summed E-state index contributed by atoms with van der Waals surface area (Å²) in [6.45, 7) is 1.51. The molecule has 0 aliphatic rings. The number of hydrogen-bond donors (Lipinski definition) is 2. The molecule has 0 radical (unpaired) electrons. The highest BCUT2D eigenvalue weighted by molar-refractivity contribution is 7.99. The SMILES string of the molecule is CCOC(=O)CNC(=O)CSc1nc2c([nH]c3ccccc32)c(=O)n1-c1ccc(OC(F)(F)F)cc1. The van der Waals surface area contributed by atoms with Crippen LogP contribution in [0.1, 0.15) is 6.92 Å². The second-order valence-electron chi connectivity index (χ2n) is 7.34. The average Bonchev–Trinajstić information content (AvgIpc) is 3.20. The number of carbonyl (C=O) groups excluding carboxylic acids is 2. The lowest BCUT2D eigenvalue weighted by Gasteiger charge is -2.13. The molecule has 0 aliphatic heterocycles. The minimum Gasteiger partial charge on any atom is -0.465 e. The molecular weight excluding hydrogens is 501 g/mol. The number of amides is 1. The van der Waals surface area contributed by atoms with Crippen LogP contribution in [0.2, 0.25) is 0 Å². The first-order chi connectivity index (χ1) is 17.2. The van der Waals surface area contributed by atoms with Crippen LogP contribution in [0.25, 0.3) is 27.6 Å². The van der Waals surface area contributed by atoms with Gasteiger partial charge in [0.15, 0.2) is 5.16 Å². The van der Waals surface area contributed by atoms with Crippen molar-refractivity contribution in [3.8, 4) is 11.4 Å². The first-order valence-corrected chi connectivity index (χ1v) is 11.6. The second-order valence-corrected chi connectivity index (χ2v) is 8.28. The third-order valence-electron chi connectivity index (χ3n) is 4.89. The van der Waals surface area contributed by atoms with Crippen molar-refractivity contribution in [3.63, 3.8) is 0 Å². The Labute approximate surface area is 205 Å². The maximum atomic E-state index is 13.5. The monoisotopic (exact) mass is 520 g/mol. The molecule has 0 saturated heterocycles. The lowest BCUT2D eigenvalue weighted by Crippen LogP contribution is -2.32. The van der Waals surface area contributed by atoms with E-state index in [4.69, 9.17) is 4.74 Å². The average molecular weight is 520 g/mol. The van der Waals surface area contributed by atoms with Crippen LogP contribution in [0.5, 0.6) is 5.75 Å². The summed E-state index contributed by atoms with van der Waals surface area (Å²) in [6, 6.07) is 11.9. The number of rotatable bonds is 8. The van der Waals surface area contributed by atoms with E-state index < -0.39 is 29.5 Å². The largest absolute Gasteiger partial charge is 0.573 e. The molecule has 0 aliphatic carbocycles. The molecular formula is C23H19F3N4O5S. The summed E-state index contributed by atoms with van der Waals surface area (Å²) < 4.78 is 47.5. The van der Waals surface area contributed by atoms with Crippen LogP contribution in [0.15, 0.2) is 58.5 Å². The number of nitrogens with one attached hydrogen (secondary N) is 2. The van der Waals surface area contributed by atoms with Crippen LogP contribution < -0.4 is 15.6 Å². The van der Waals surface area contributed by atoms with Crippen molar-refractivity contribution in [1.82, 2.24) is 19.9 Å². The Hall–Kier alpha value is -4.00. The molecule has 36 heavy (non-hydrogen) atoms. The van der Waals surface area contributed by atoms with E-state index in [1.165, 1.54) is 16.7 Å². The number of H-pyrrole nitrogens is 1. The van der Waals surface area contributed by atoms with Gasteiger partial charge in [-0.15, -0.1) is 13.2 Å². The molecule has 2 heterocycles. The first-order valence-electron chi connectivity index (χ1n) is 10.6. The van der Waals surface area contributed by atoms with E-state index in [2.05, 4.69) is 20.0 Å². The third kappa shape index (κ3) is 5.62. The molecule has 4 aromatic rings. The maximum Gasteiger partial charge on any atom is 0.573 e. The summed E-state index contributed by atoms with van der Waals surface area (Å²) in [5.74, 6) is -1.73. The number of aromatic amines is 1. The fourth-order valence-electron chi connectivity index (χ4n) is 3.43. The predicted molar refractivity (Wildman–Crippen MR) is 126 cm³/mol. The van der Waals surface area contributed by atoms with E-state index in [0.29, 0.717) is 16.4 Å². The van der Waals surface area contributed by atoms with Gasteiger partial charge in [0.1, 0.15) is 23.3 Å². The molecule has 13 heteroatoms. The number of hydrogen-bond acceptors (Lipinski definition) is 7. The highest BCUT2D eigenvalue weighted by Crippen LogP contribution is 2.28. The smallest absolute Gasteiger partial charge is 0.465 e. The van der Waals surface area contributed by atoms with Crippen LogP contribution in [-0.4, -0.2) is 51.7 Å². The zero-order chi connectivity index (χ0) is 25.9. The van der Waals surface area contributed by atoms with Gasteiger partial charge in [-0.1, -0.05) is 30.0 Å². The molecule has 9 nitrogen and oxygen atoms in total. The number of esters is 1. The highest BCUT2D eigenvalue weighted by Gasteiger charge is 2.31. The molecule has 0 spiro atoms. The maximum absolute atomic E-state index is 13.5. The molecule has 0 unspecified atom stereocenters. The van der Waals surface area contributed by atoms with Crippen molar-refractivity contribution < 1.29 is 32.2 Å². The van der Waals surface area contributed by atoms with Crippen molar-refractivity contribution in [2.75, 3.05) is 18.9 Å². The van der Waals surface area contributed by atoms with Crippen LogP contribution in [0.3, 0.4) is 0 Å². The van der Waals surface area contributed by atoms with Crippen molar-refractivity contribution in [2.45, 2.75) is 18.4 Å². The number of alkyl halides is 3. The molecule has 2 aromatic heterocycles. The van der Waals surface area contributed by atoms with Crippen molar-refractivity contribution in [3.05, 3.63) is 58.9 Å². The Morgan fingerprint density at radius 1 is 1.14 bits per heavy atom. The number of halogens is 3. The summed E-state index contributed by atoms with van der Waals surface area (Å²) in [5, 5.41) is 3.25. The first kappa shape index (κ1) is 25.1. The fourth-order valence-corrected chi connectivity index (χ4v) is 4.26. The topological polar surface area (TPSA) is 115 Å². The van der Waals surface area contributed by atoms with Crippen LogP contribution in [0.4, 0.5) is 13.2 Å². The molecule has 2 N–H and O–H groups in total. The minimum atomic E-state index is -4.86. The van der Waals surface area contributed by atoms with E-state index in [1.54, 1.807) is 31.2 Å². The molecule has 1 amide bonds. The van der Waals surface area contributed by atoms with E-state index >= 15 is 0 Å². The van der Waals surface area contributed by atoms with Gasteiger partial charge in [-0.25, -0.2) is 4.98 Å². The number of aromatic nitrogens is 3. The number of para-hydroxylation sites is 1. The highest BCUT2D eigenvalue weighted by atomic mass is 32.2. The van der Waals surface area contributed by atoms with Crippen LogP contribution in [-0.2, 0) is 14.3 Å². The molecule has 0 saturated carbocycles. The van der Waals surface area contributed by atoms with Gasteiger partial charge >= 0.3 is 12.3 Å². The van der Waals surface area contributed by atoms with E-state index in [-0.39, 0.29) is 35.3 Å². The summed E-state index contributed by atoms with van der Waals surface area (Å²) in [4.78, 5) is 44.8. The Morgan fingerprint density at radius 3 is 2.56 bits per heavy atom. The number of thioether (sulfide) groups is 1. The molecule has 4 rings (SSSR count). The zero-order valence-corrected chi connectivity index (χ0v) is 19.5. The molecule has 0 bridgehead atoms. The summed E-state index contributed by atoms with van der Waals surface area (Å²) >= 11 is 0.933. The summed E-state index contributed by atoms with van der Waals surface area (Å²) in [5.41, 5.74) is 0.972. The van der Waals surface area contributed by atoms with Gasteiger partial charge in [0, 0.05) is 10.9 Å². The third-order valence-corrected chi connectivity index (χ3v) is 5.83. The Morgan fingerprint density at radius 2 is 1.86 bits per heavy atom. The van der Waals surface area contributed by atoms with E-state index in [1.807, 2.05) is 0 Å². The van der Waals surface area contributed by atoms with Crippen LogP contribution >= 0.6 is 11.8 Å². The zero-order valence-electron chi connectivity index (χ0n) is 18.7. The standard InChI is InChI=1S/C23H19F3N4O5S/c1-2-34-18(32)11-27-17(31)12-36-22-29-19-15-5-3-4-6-16(15)28-20(19)21(33)30(22)13-7-9-14(10-8-13)35-23(24,25)26/h3-10,28H,2,11-12H2,1H3,(H,27,31). The normalized spacial score (nSPS) is 11.6. The van der Waals surface area contributed by atoms with Crippen molar-refractivity contribution in [1.29, 1.82) is 0 Å². The second kappa shape index (κ2) is 10.3. The van der Waals surface area contributed by atoms with Gasteiger partial charge < -0.3 is 19.8 Å². The minimum absolute atomic E-state index is 0.132. The summed E-state index contributed by atoms with van der Waals surface area (Å²) in [6.07, 6.45) is -4.86. The molecule has 0 fully saturated rings. The molecule has 0 atom stereocenters. The lowest BCUT2D eigenvalue weighted by atomic mass is 10.2. The Balaban J connectivity index is 1.71. The number of fused-ring (bicyclic) bond motifs is 3. The van der Waals surface area contributed by atoms with E-state index in [9.17, 15) is 27.6 Å². The number of nitrogens with zero attached hydrogens (tertiary/aromatic N) is 2. The predicted octanol–water partition coefficient (Wildman–Crippen LogP) is 3.54. The Bertz CT molecular complexity index is 1480. The number of ether oxygens (including phenoxy) is 2. The summed E-state index contributed by atoms with van der Waals surface area (Å²) in [7, 11) is 0. The van der Waals surface area contributed by atoms with Gasteiger partial charge in [-0.2, -0.15) is 0 Å². The van der Waals surface area contributed by atoms with E-state index in [0.717, 1.165) is 23.9 Å². The quantitative estimate of drug-likeness (QED) is 0.207. The van der Waals surface area contributed by atoms with Crippen molar-refractivity contribution in [2.24, 2.45) is 0 Å². The van der Waals surface area contributed by atoms with Gasteiger partial charge in [-0.05, 0) is 37.3 Å². The fraction of sp³-hybridized carbons (Fsp3) is 0.217. The number of carbonyl (C=O) groups is 2. The lowest BCUT2D eigenvalue weighted by molar-refractivity contribution is -0.274. The van der Waals surface area contributed by atoms with Crippen LogP contribution in [0, 0.1) is 0 Å². The van der Waals surface area contributed by atoms with Crippen molar-refractivity contribution >= 4 is 45.6 Å². The molecule has 2 aromatic carbocycles. The van der Waals surface area contributed by atoms with Gasteiger partial charge in [0.25, 0.3) is 5.56 Å². The number of benzene rings is 2.